The van der Waals surface area contributed by atoms with E-state index in [0.29, 0.717) is 18.1 Å². The zero-order valence-electron chi connectivity index (χ0n) is 11.5. The molecule has 0 amide bonds. The van der Waals surface area contributed by atoms with Crippen LogP contribution in [0.2, 0.25) is 5.15 Å². The number of carbonyl (C=O) groups is 1. The second kappa shape index (κ2) is 6.46. The Bertz CT molecular complexity index is 798. The van der Waals surface area contributed by atoms with Gasteiger partial charge in [-0.15, -0.1) is 0 Å². The average molecular weight is 376 g/mol. The molecule has 0 unspecified atom stereocenters. The SMILES string of the molecule is O=Cc1c(Cl)nc(-c2ccc(Br)cc2)n1Cc1ccccc1. The van der Waals surface area contributed by atoms with Gasteiger partial charge in [0.15, 0.2) is 11.4 Å². The fourth-order valence-corrected chi connectivity index (χ4v) is 2.78. The number of nitrogens with zero attached hydrogens (tertiary/aromatic N) is 2. The van der Waals surface area contributed by atoms with Crippen molar-refractivity contribution in [2.75, 3.05) is 0 Å². The second-order valence-corrected chi connectivity index (χ2v) is 6.08. The number of hydrogen-bond acceptors (Lipinski definition) is 2. The normalized spacial score (nSPS) is 10.6. The van der Waals surface area contributed by atoms with Crippen molar-refractivity contribution in [3.8, 4) is 11.4 Å². The molecule has 0 spiro atoms. The Labute approximate surface area is 141 Å². The third kappa shape index (κ3) is 2.98. The first kappa shape index (κ1) is 15.0. The maximum atomic E-state index is 11.4. The standard InChI is InChI=1S/C17H12BrClN2O/c18-14-8-6-13(7-9-14)17-20-16(19)15(11-22)21(17)10-12-4-2-1-3-5-12/h1-9,11H,10H2. The average Bonchev–Trinajstić information content (AvgIpc) is 2.85. The molecule has 0 aliphatic carbocycles. The molecule has 110 valence electrons. The lowest BCUT2D eigenvalue weighted by atomic mass is 10.2. The van der Waals surface area contributed by atoms with Gasteiger partial charge in [-0.25, -0.2) is 4.98 Å². The van der Waals surface area contributed by atoms with Crippen LogP contribution in [-0.2, 0) is 6.54 Å². The molecule has 1 heterocycles. The molecule has 2 aromatic carbocycles. The lowest BCUT2D eigenvalue weighted by Gasteiger charge is -2.10. The lowest BCUT2D eigenvalue weighted by Crippen LogP contribution is -2.06. The van der Waals surface area contributed by atoms with Gasteiger partial charge in [-0.2, -0.15) is 0 Å². The predicted octanol–water partition coefficient (Wildman–Crippen LogP) is 4.83. The summed E-state index contributed by atoms with van der Waals surface area (Å²) >= 11 is 9.54. The maximum absolute atomic E-state index is 11.4. The molecular formula is C17H12BrClN2O. The molecule has 3 nitrogen and oxygen atoms in total. The minimum Gasteiger partial charge on any atom is -0.316 e. The van der Waals surface area contributed by atoms with Gasteiger partial charge < -0.3 is 4.57 Å². The Morgan fingerprint density at radius 3 is 2.41 bits per heavy atom. The second-order valence-electron chi connectivity index (χ2n) is 4.81. The van der Waals surface area contributed by atoms with E-state index in [1.807, 2.05) is 59.2 Å². The van der Waals surface area contributed by atoms with Gasteiger partial charge >= 0.3 is 0 Å². The molecule has 0 N–H and O–H groups in total. The Morgan fingerprint density at radius 1 is 1.09 bits per heavy atom. The first-order chi connectivity index (χ1) is 10.7. The van der Waals surface area contributed by atoms with Crippen LogP contribution >= 0.6 is 27.5 Å². The van der Waals surface area contributed by atoms with Gasteiger partial charge in [0.25, 0.3) is 0 Å². The lowest BCUT2D eigenvalue weighted by molar-refractivity contribution is 0.111. The fourth-order valence-electron chi connectivity index (χ4n) is 2.29. The largest absolute Gasteiger partial charge is 0.316 e. The summed E-state index contributed by atoms with van der Waals surface area (Å²) in [6.07, 6.45) is 0.751. The summed E-state index contributed by atoms with van der Waals surface area (Å²) < 4.78 is 2.83. The molecule has 1 aromatic heterocycles. The molecule has 0 radical (unpaired) electrons. The predicted molar refractivity (Wildman–Crippen MR) is 91.3 cm³/mol. The Morgan fingerprint density at radius 2 is 1.77 bits per heavy atom. The van der Waals surface area contributed by atoms with Crippen molar-refractivity contribution in [3.63, 3.8) is 0 Å². The Balaban J connectivity index is 2.10. The van der Waals surface area contributed by atoms with Gasteiger partial charge in [0, 0.05) is 16.6 Å². The van der Waals surface area contributed by atoms with E-state index in [-0.39, 0.29) is 5.15 Å². The molecule has 3 aromatic rings. The molecule has 22 heavy (non-hydrogen) atoms. The van der Waals surface area contributed by atoms with Crippen molar-refractivity contribution in [1.82, 2.24) is 9.55 Å². The number of hydrogen-bond donors (Lipinski definition) is 0. The highest BCUT2D eigenvalue weighted by atomic mass is 79.9. The Kier molecular flexibility index (Phi) is 4.41. The van der Waals surface area contributed by atoms with Crippen LogP contribution in [0.3, 0.4) is 0 Å². The van der Waals surface area contributed by atoms with Gasteiger partial charge in [-0.05, 0) is 17.7 Å². The van der Waals surface area contributed by atoms with Crippen LogP contribution in [0.25, 0.3) is 11.4 Å². The van der Waals surface area contributed by atoms with E-state index in [2.05, 4.69) is 20.9 Å². The summed E-state index contributed by atoms with van der Waals surface area (Å²) in [6.45, 7) is 0.542. The summed E-state index contributed by atoms with van der Waals surface area (Å²) in [5, 5.41) is 0.226. The molecule has 0 fully saturated rings. The first-order valence-electron chi connectivity index (χ1n) is 6.70. The maximum Gasteiger partial charge on any atom is 0.169 e. The third-order valence-electron chi connectivity index (χ3n) is 3.36. The molecular weight excluding hydrogens is 364 g/mol. The highest BCUT2D eigenvalue weighted by Crippen LogP contribution is 2.27. The smallest absolute Gasteiger partial charge is 0.169 e. The molecule has 0 aliphatic rings. The quantitative estimate of drug-likeness (QED) is 0.612. The Hall–Kier alpha value is -1.91. The number of benzene rings is 2. The molecule has 3 rings (SSSR count). The molecule has 0 saturated carbocycles. The van der Waals surface area contributed by atoms with Crippen LogP contribution in [0.4, 0.5) is 0 Å². The summed E-state index contributed by atoms with van der Waals surface area (Å²) in [5.41, 5.74) is 2.38. The van der Waals surface area contributed by atoms with Gasteiger partial charge in [-0.3, -0.25) is 4.79 Å². The summed E-state index contributed by atoms with van der Waals surface area (Å²) in [5.74, 6) is 0.684. The molecule has 0 atom stereocenters. The van der Waals surface area contributed by atoms with Crippen LogP contribution in [0, 0.1) is 0 Å². The number of halogens is 2. The van der Waals surface area contributed by atoms with Crippen LogP contribution in [0.1, 0.15) is 16.1 Å². The number of carbonyl (C=O) groups excluding carboxylic acids is 1. The number of rotatable bonds is 4. The van der Waals surface area contributed by atoms with E-state index in [1.165, 1.54) is 0 Å². The summed E-state index contributed by atoms with van der Waals surface area (Å²) in [7, 11) is 0. The highest BCUT2D eigenvalue weighted by Gasteiger charge is 2.17. The van der Waals surface area contributed by atoms with Gasteiger partial charge in [0.05, 0.1) is 0 Å². The van der Waals surface area contributed by atoms with E-state index in [1.54, 1.807) is 0 Å². The van der Waals surface area contributed by atoms with E-state index < -0.39 is 0 Å². The van der Waals surface area contributed by atoms with Crippen molar-refractivity contribution in [2.45, 2.75) is 6.54 Å². The summed E-state index contributed by atoms with van der Waals surface area (Å²) in [4.78, 5) is 15.7. The highest BCUT2D eigenvalue weighted by molar-refractivity contribution is 9.10. The van der Waals surface area contributed by atoms with Crippen LogP contribution in [0.5, 0.6) is 0 Å². The van der Waals surface area contributed by atoms with Crippen LogP contribution in [-0.4, -0.2) is 15.8 Å². The third-order valence-corrected chi connectivity index (χ3v) is 4.17. The van der Waals surface area contributed by atoms with E-state index >= 15 is 0 Å². The van der Waals surface area contributed by atoms with Crippen molar-refractivity contribution < 1.29 is 4.79 Å². The van der Waals surface area contributed by atoms with Crippen molar-refractivity contribution in [3.05, 3.63) is 75.5 Å². The monoisotopic (exact) mass is 374 g/mol. The number of imidazole rings is 1. The van der Waals surface area contributed by atoms with E-state index in [4.69, 9.17) is 11.6 Å². The zero-order chi connectivity index (χ0) is 15.5. The molecule has 5 heteroatoms. The molecule has 0 saturated heterocycles. The van der Waals surface area contributed by atoms with Gasteiger partial charge in [0.2, 0.25) is 0 Å². The first-order valence-corrected chi connectivity index (χ1v) is 7.87. The topological polar surface area (TPSA) is 34.9 Å². The number of aromatic nitrogens is 2. The fraction of sp³-hybridized carbons (Fsp3) is 0.0588. The van der Waals surface area contributed by atoms with Gasteiger partial charge in [0.1, 0.15) is 11.5 Å². The van der Waals surface area contributed by atoms with Gasteiger partial charge in [-0.1, -0.05) is 70.0 Å². The molecule has 0 aliphatic heterocycles. The van der Waals surface area contributed by atoms with E-state index in [0.717, 1.165) is 21.9 Å². The van der Waals surface area contributed by atoms with Crippen LogP contribution < -0.4 is 0 Å². The molecule has 0 bridgehead atoms. The van der Waals surface area contributed by atoms with Crippen molar-refractivity contribution in [2.24, 2.45) is 0 Å². The summed E-state index contributed by atoms with van der Waals surface area (Å²) in [6, 6.07) is 17.7. The minimum atomic E-state index is 0.226. The van der Waals surface area contributed by atoms with Crippen molar-refractivity contribution in [1.29, 1.82) is 0 Å². The minimum absolute atomic E-state index is 0.226. The van der Waals surface area contributed by atoms with Crippen molar-refractivity contribution >= 4 is 33.8 Å². The van der Waals surface area contributed by atoms with E-state index in [9.17, 15) is 4.79 Å². The van der Waals surface area contributed by atoms with Crippen LogP contribution in [0.15, 0.2) is 59.1 Å². The number of aldehydes is 1. The zero-order valence-corrected chi connectivity index (χ0v) is 13.9.